The first-order chi connectivity index (χ1) is 13.5. The normalized spacial score (nSPS) is 10.3. The first kappa shape index (κ1) is 19.4. The molecule has 2 aromatic carbocycles. The number of methoxy groups -OCH3 is 1. The molecule has 7 nitrogen and oxygen atoms in total. The Balaban J connectivity index is 1.55. The number of primary amides is 1. The fourth-order valence-electron chi connectivity index (χ4n) is 2.39. The van der Waals surface area contributed by atoms with Crippen LogP contribution in [0.25, 0.3) is 11.3 Å². The summed E-state index contributed by atoms with van der Waals surface area (Å²) in [7, 11) is 1.61. The van der Waals surface area contributed by atoms with Crippen LogP contribution in [-0.4, -0.2) is 34.9 Å². The maximum absolute atomic E-state index is 12.1. The number of carbonyl (C=O) groups is 2. The lowest BCUT2D eigenvalue weighted by atomic mass is 10.1. The zero-order chi connectivity index (χ0) is 19.9. The number of carbonyl (C=O) groups excluding carboxylic acids is 2. The molecule has 0 spiro atoms. The molecule has 0 saturated heterocycles. The second-order valence-corrected chi connectivity index (χ2v) is 6.76. The highest BCUT2D eigenvalue weighted by molar-refractivity contribution is 7.99. The molecule has 3 aromatic rings. The summed E-state index contributed by atoms with van der Waals surface area (Å²) in [6.07, 6.45) is 0. The molecule has 0 aliphatic rings. The zero-order valence-electron chi connectivity index (χ0n) is 15.1. The van der Waals surface area contributed by atoms with E-state index >= 15 is 0 Å². The number of nitrogens with one attached hydrogen (secondary N) is 1. The van der Waals surface area contributed by atoms with Gasteiger partial charge in [0, 0.05) is 16.8 Å². The Morgan fingerprint density at radius 1 is 1.07 bits per heavy atom. The van der Waals surface area contributed by atoms with Crippen molar-refractivity contribution in [1.82, 2.24) is 10.2 Å². The van der Waals surface area contributed by atoms with E-state index in [0.29, 0.717) is 16.3 Å². The van der Waals surface area contributed by atoms with Gasteiger partial charge < -0.3 is 15.8 Å². The molecule has 2 amide bonds. The number of thioether (sulfide) groups is 1. The second-order valence-electron chi connectivity index (χ2n) is 5.77. The fourth-order valence-corrected chi connectivity index (χ4v) is 3.00. The highest BCUT2D eigenvalue weighted by atomic mass is 32.2. The van der Waals surface area contributed by atoms with Crippen LogP contribution in [0.15, 0.2) is 65.7 Å². The molecule has 0 aliphatic heterocycles. The van der Waals surface area contributed by atoms with Crippen LogP contribution >= 0.6 is 11.8 Å². The van der Waals surface area contributed by atoms with E-state index in [-0.39, 0.29) is 11.7 Å². The maximum Gasteiger partial charge on any atom is 0.248 e. The van der Waals surface area contributed by atoms with E-state index in [2.05, 4.69) is 15.5 Å². The number of benzene rings is 2. The van der Waals surface area contributed by atoms with Crippen molar-refractivity contribution in [2.24, 2.45) is 5.73 Å². The number of amides is 2. The molecule has 28 heavy (non-hydrogen) atoms. The minimum atomic E-state index is -0.510. The van der Waals surface area contributed by atoms with Gasteiger partial charge in [-0.3, -0.25) is 9.59 Å². The highest BCUT2D eigenvalue weighted by Crippen LogP contribution is 2.23. The summed E-state index contributed by atoms with van der Waals surface area (Å²) in [5.74, 6) is 0.239. The average molecular weight is 394 g/mol. The number of hydrogen-bond acceptors (Lipinski definition) is 6. The summed E-state index contributed by atoms with van der Waals surface area (Å²) in [6.45, 7) is 0. The Bertz CT molecular complexity index is 976. The van der Waals surface area contributed by atoms with Crippen molar-refractivity contribution >= 4 is 29.3 Å². The summed E-state index contributed by atoms with van der Waals surface area (Å²) < 4.78 is 5.21. The van der Waals surface area contributed by atoms with Crippen molar-refractivity contribution in [3.05, 3.63) is 66.2 Å². The number of rotatable bonds is 7. The molecule has 3 rings (SSSR count). The van der Waals surface area contributed by atoms with Crippen molar-refractivity contribution in [3.63, 3.8) is 0 Å². The van der Waals surface area contributed by atoms with E-state index in [9.17, 15) is 9.59 Å². The SMILES string of the molecule is COc1cccc(-c2ccc(SCC(=O)Nc3ccc(C(N)=O)cc3)nn2)c1. The maximum atomic E-state index is 12.1. The van der Waals surface area contributed by atoms with Crippen molar-refractivity contribution < 1.29 is 14.3 Å². The molecule has 1 aromatic heterocycles. The molecule has 0 atom stereocenters. The number of nitrogens with zero attached hydrogens (tertiary/aromatic N) is 2. The largest absolute Gasteiger partial charge is 0.497 e. The minimum Gasteiger partial charge on any atom is -0.497 e. The number of hydrogen-bond donors (Lipinski definition) is 2. The summed E-state index contributed by atoms with van der Waals surface area (Å²) in [6, 6.07) is 17.6. The van der Waals surface area contributed by atoms with Crippen molar-refractivity contribution in [2.45, 2.75) is 5.03 Å². The molecule has 8 heteroatoms. The van der Waals surface area contributed by atoms with Crippen molar-refractivity contribution in [3.8, 4) is 17.0 Å². The van der Waals surface area contributed by atoms with Gasteiger partial charge in [-0.1, -0.05) is 23.9 Å². The lowest BCUT2D eigenvalue weighted by Gasteiger charge is -2.06. The fraction of sp³-hybridized carbons (Fsp3) is 0.100. The third-order valence-corrected chi connectivity index (χ3v) is 4.73. The summed E-state index contributed by atoms with van der Waals surface area (Å²) in [4.78, 5) is 23.1. The van der Waals surface area contributed by atoms with Gasteiger partial charge in [0.15, 0.2) is 0 Å². The Kier molecular flexibility index (Phi) is 6.23. The van der Waals surface area contributed by atoms with Gasteiger partial charge in [-0.25, -0.2) is 0 Å². The summed E-state index contributed by atoms with van der Waals surface area (Å²) >= 11 is 1.28. The van der Waals surface area contributed by atoms with Crippen LogP contribution in [0.4, 0.5) is 5.69 Å². The molecule has 3 N–H and O–H groups in total. The number of aromatic nitrogens is 2. The van der Waals surface area contributed by atoms with Crippen molar-refractivity contribution in [1.29, 1.82) is 0 Å². The van der Waals surface area contributed by atoms with Gasteiger partial charge in [0.1, 0.15) is 10.8 Å². The Morgan fingerprint density at radius 2 is 1.86 bits per heavy atom. The van der Waals surface area contributed by atoms with Gasteiger partial charge in [-0.2, -0.15) is 0 Å². The van der Waals surface area contributed by atoms with Gasteiger partial charge >= 0.3 is 0 Å². The number of nitrogens with two attached hydrogens (primary N) is 1. The van der Waals surface area contributed by atoms with Crippen LogP contribution in [0.2, 0.25) is 0 Å². The average Bonchev–Trinajstić information content (AvgIpc) is 2.73. The first-order valence-electron chi connectivity index (χ1n) is 8.36. The molecular formula is C20H18N4O3S. The van der Waals surface area contributed by atoms with E-state index in [1.165, 1.54) is 11.8 Å². The molecule has 0 saturated carbocycles. The van der Waals surface area contributed by atoms with Crippen LogP contribution in [0, 0.1) is 0 Å². The topological polar surface area (TPSA) is 107 Å². The molecule has 0 aliphatic carbocycles. The van der Waals surface area contributed by atoms with Crippen molar-refractivity contribution in [2.75, 3.05) is 18.2 Å². The molecule has 142 valence electrons. The Labute approximate surface area is 166 Å². The van der Waals surface area contributed by atoms with Crippen LogP contribution in [0.3, 0.4) is 0 Å². The summed E-state index contributed by atoms with van der Waals surface area (Å²) in [5.41, 5.74) is 7.80. The van der Waals surface area contributed by atoms with Crippen LogP contribution < -0.4 is 15.8 Å². The third-order valence-electron chi connectivity index (χ3n) is 3.81. The highest BCUT2D eigenvalue weighted by Gasteiger charge is 2.07. The van der Waals surface area contributed by atoms with E-state index in [0.717, 1.165) is 17.0 Å². The second kappa shape index (κ2) is 9.01. The van der Waals surface area contributed by atoms with E-state index in [1.807, 2.05) is 36.4 Å². The Morgan fingerprint density at radius 3 is 2.50 bits per heavy atom. The van der Waals surface area contributed by atoms with E-state index in [4.69, 9.17) is 10.5 Å². The lowest BCUT2D eigenvalue weighted by Crippen LogP contribution is -2.15. The van der Waals surface area contributed by atoms with Gasteiger partial charge in [-0.05, 0) is 48.5 Å². The van der Waals surface area contributed by atoms with E-state index in [1.54, 1.807) is 31.4 Å². The van der Waals surface area contributed by atoms with E-state index < -0.39 is 5.91 Å². The summed E-state index contributed by atoms with van der Waals surface area (Å²) in [5, 5.41) is 11.8. The Hall–Kier alpha value is -3.39. The monoisotopic (exact) mass is 394 g/mol. The lowest BCUT2D eigenvalue weighted by molar-refractivity contribution is -0.113. The molecule has 0 fully saturated rings. The molecule has 0 radical (unpaired) electrons. The predicted molar refractivity (Wildman–Crippen MR) is 108 cm³/mol. The minimum absolute atomic E-state index is 0.185. The molecule has 0 bridgehead atoms. The van der Waals surface area contributed by atoms with Gasteiger partial charge in [0.2, 0.25) is 11.8 Å². The zero-order valence-corrected chi connectivity index (χ0v) is 15.9. The predicted octanol–water partition coefficient (Wildman–Crippen LogP) is 2.98. The van der Waals surface area contributed by atoms with Gasteiger partial charge in [0.05, 0.1) is 18.6 Å². The molecule has 0 unspecified atom stereocenters. The standard InChI is InChI=1S/C20H18N4O3S/c1-27-16-4-2-3-14(11-16)17-9-10-19(24-23-17)28-12-18(25)22-15-7-5-13(6-8-15)20(21)26/h2-11H,12H2,1H3,(H2,21,26)(H,22,25). The molecule has 1 heterocycles. The third kappa shape index (κ3) is 5.08. The van der Waals surface area contributed by atoms with Gasteiger partial charge in [-0.15, -0.1) is 10.2 Å². The quantitative estimate of drug-likeness (QED) is 0.597. The van der Waals surface area contributed by atoms with Crippen LogP contribution in [0.1, 0.15) is 10.4 Å². The van der Waals surface area contributed by atoms with Gasteiger partial charge in [0.25, 0.3) is 0 Å². The smallest absolute Gasteiger partial charge is 0.248 e. The number of anilines is 1. The molecular weight excluding hydrogens is 376 g/mol. The first-order valence-corrected chi connectivity index (χ1v) is 9.34. The van der Waals surface area contributed by atoms with Crippen LogP contribution in [-0.2, 0) is 4.79 Å². The van der Waals surface area contributed by atoms with Crippen LogP contribution in [0.5, 0.6) is 5.75 Å². The number of ether oxygens (including phenoxy) is 1.